The molecule has 0 saturated carbocycles. The Balaban J connectivity index is 2.94. The Hall–Kier alpha value is -0.990. The maximum absolute atomic E-state index is 6.14. The maximum atomic E-state index is 6.14. The first-order chi connectivity index (χ1) is 6.66. The van der Waals surface area contributed by atoms with E-state index in [1.807, 2.05) is 19.2 Å². The highest BCUT2D eigenvalue weighted by Gasteiger charge is 2.11. The van der Waals surface area contributed by atoms with Crippen molar-refractivity contribution in [2.45, 2.75) is 13.5 Å². The molecule has 0 aliphatic heterocycles. The fourth-order valence-electron chi connectivity index (χ4n) is 1.99. The van der Waals surface area contributed by atoms with E-state index in [1.165, 1.54) is 10.9 Å². The van der Waals surface area contributed by atoms with Crippen LogP contribution in [0.2, 0.25) is 5.02 Å². The van der Waals surface area contributed by atoms with Gasteiger partial charge in [-0.05, 0) is 18.6 Å². The minimum Gasteiger partial charge on any atom is -0.345 e. The van der Waals surface area contributed by atoms with Gasteiger partial charge in [-0.3, -0.25) is 0 Å². The summed E-state index contributed by atoms with van der Waals surface area (Å²) in [5.41, 5.74) is 9.15. The lowest BCUT2D eigenvalue weighted by atomic mass is 10.1. The van der Waals surface area contributed by atoms with Gasteiger partial charge in [0.05, 0.1) is 10.5 Å². The second-order valence-electron chi connectivity index (χ2n) is 3.47. The Kier molecular flexibility index (Phi) is 2.25. The van der Waals surface area contributed by atoms with E-state index in [-0.39, 0.29) is 0 Å². The van der Waals surface area contributed by atoms with Gasteiger partial charge in [-0.1, -0.05) is 23.7 Å². The first kappa shape index (κ1) is 9.56. The lowest BCUT2D eigenvalue weighted by Gasteiger charge is -2.02. The van der Waals surface area contributed by atoms with Gasteiger partial charge < -0.3 is 10.3 Å². The van der Waals surface area contributed by atoms with Crippen LogP contribution in [0.25, 0.3) is 10.9 Å². The number of para-hydroxylation sites is 1. The minimum atomic E-state index is 0.549. The molecule has 2 aromatic rings. The summed E-state index contributed by atoms with van der Waals surface area (Å²) >= 11 is 6.14. The normalized spacial score (nSPS) is 11.1. The summed E-state index contributed by atoms with van der Waals surface area (Å²) in [6.07, 6.45) is 0. The molecular formula is C11H13ClN2. The molecule has 2 rings (SSSR count). The molecule has 0 fully saturated rings. The first-order valence-corrected chi connectivity index (χ1v) is 4.97. The average Bonchev–Trinajstić information content (AvgIpc) is 2.41. The van der Waals surface area contributed by atoms with Crippen LogP contribution in [-0.4, -0.2) is 4.57 Å². The largest absolute Gasteiger partial charge is 0.345 e. The van der Waals surface area contributed by atoms with Crippen molar-refractivity contribution in [3.63, 3.8) is 0 Å². The first-order valence-electron chi connectivity index (χ1n) is 4.59. The second kappa shape index (κ2) is 3.30. The number of hydrogen-bond acceptors (Lipinski definition) is 1. The predicted molar refractivity (Wildman–Crippen MR) is 60.6 cm³/mol. The minimum absolute atomic E-state index is 0.549. The van der Waals surface area contributed by atoms with Crippen molar-refractivity contribution in [3.8, 4) is 0 Å². The molecule has 14 heavy (non-hydrogen) atoms. The fraction of sp³-hybridized carbons (Fsp3) is 0.273. The number of benzene rings is 1. The van der Waals surface area contributed by atoms with E-state index in [0.717, 1.165) is 16.2 Å². The molecule has 0 aliphatic rings. The number of nitrogens with zero attached hydrogens (tertiary/aromatic N) is 1. The van der Waals surface area contributed by atoms with Crippen LogP contribution in [0.5, 0.6) is 0 Å². The zero-order valence-corrected chi connectivity index (χ0v) is 9.10. The van der Waals surface area contributed by atoms with Crippen LogP contribution in [0.4, 0.5) is 0 Å². The van der Waals surface area contributed by atoms with E-state index in [9.17, 15) is 0 Å². The lowest BCUT2D eigenvalue weighted by molar-refractivity contribution is 0.841. The topological polar surface area (TPSA) is 30.9 Å². The maximum Gasteiger partial charge on any atom is 0.0672 e. The number of nitrogens with two attached hydrogens (primary N) is 1. The van der Waals surface area contributed by atoms with Gasteiger partial charge in [-0.15, -0.1) is 0 Å². The second-order valence-corrected chi connectivity index (χ2v) is 3.88. The molecule has 2 N–H and O–H groups in total. The summed E-state index contributed by atoms with van der Waals surface area (Å²) in [6.45, 7) is 2.63. The van der Waals surface area contributed by atoms with Gasteiger partial charge in [-0.2, -0.15) is 0 Å². The molecule has 0 saturated heterocycles. The number of halogens is 1. The molecule has 0 aliphatic carbocycles. The number of aromatic nitrogens is 1. The molecule has 0 amide bonds. The molecule has 0 unspecified atom stereocenters. The summed E-state index contributed by atoms with van der Waals surface area (Å²) in [7, 11) is 2.00. The fourth-order valence-corrected chi connectivity index (χ4v) is 2.29. The van der Waals surface area contributed by atoms with Gasteiger partial charge in [0.1, 0.15) is 0 Å². The number of aryl methyl sites for hydroxylation is 2. The molecule has 1 aromatic carbocycles. The third-order valence-corrected chi connectivity index (χ3v) is 3.06. The van der Waals surface area contributed by atoms with Gasteiger partial charge in [0.25, 0.3) is 0 Å². The van der Waals surface area contributed by atoms with E-state index in [4.69, 9.17) is 17.3 Å². The van der Waals surface area contributed by atoms with E-state index in [2.05, 4.69) is 17.6 Å². The Morgan fingerprint density at radius 1 is 1.43 bits per heavy atom. The molecule has 0 atom stereocenters. The third-order valence-electron chi connectivity index (χ3n) is 2.76. The summed E-state index contributed by atoms with van der Waals surface area (Å²) in [5, 5.41) is 1.98. The number of rotatable bonds is 1. The highest BCUT2D eigenvalue weighted by atomic mass is 35.5. The number of hydrogen-bond donors (Lipinski definition) is 1. The monoisotopic (exact) mass is 208 g/mol. The average molecular weight is 209 g/mol. The van der Waals surface area contributed by atoms with E-state index in [0.29, 0.717) is 6.54 Å². The molecule has 0 radical (unpaired) electrons. The van der Waals surface area contributed by atoms with Gasteiger partial charge >= 0.3 is 0 Å². The van der Waals surface area contributed by atoms with Crippen LogP contribution in [-0.2, 0) is 13.6 Å². The van der Waals surface area contributed by atoms with Crippen molar-refractivity contribution in [1.82, 2.24) is 4.57 Å². The van der Waals surface area contributed by atoms with Gasteiger partial charge in [0, 0.05) is 24.7 Å². The van der Waals surface area contributed by atoms with Crippen molar-refractivity contribution in [3.05, 3.63) is 34.5 Å². The van der Waals surface area contributed by atoms with Crippen molar-refractivity contribution >= 4 is 22.5 Å². The number of fused-ring (bicyclic) bond motifs is 1. The van der Waals surface area contributed by atoms with Crippen LogP contribution < -0.4 is 5.73 Å². The standard InChI is InChI=1S/C11H13ClN2/c1-7-8-4-3-5-9(12)11(8)14(2)10(7)6-13/h3-5H,6,13H2,1-2H3. The van der Waals surface area contributed by atoms with Crippen LogP contribution in [0.1, 0.15) is 11.3 Å². The van der Waals surface area contributed by atoms with Gasteiger partial charge in [0.15, 0.2) is 0 Å². The smallest absolute Gasteiger partial charge is 0.0672 e. The van der Waals surface area contributed by atoms with E-state index < -0.39 is 0 Å². The quantitative estimate of drug-likeness (QED) is 0.768. The zero-order valence-electron chi connectivity index (χ0n) is 8.34. The zero-order chi connectivity index (χ0) is 10.3. The molecule has 1 aromatic heterocycles. The van der Waals surface area contributed by atoms with Gasteiger partial charge in [0.2, 0.25) is 0 Å². The summed E-state index contributed by atoms with van der Waals surface area (Å²) in [5.74, 6) is 0. The van der Waals surface area contributed by atoms with Crippen LogP contribution in [0.15, 0.2) is 18.2 Å². The van der Waals surface area contributed by atoms with Crippen LogP contribution >= 0.6 is 11.6 Å². The lowest BCUT2D eigenvalue weighted by Crippen LogP contribution is -2.04. The highest BCUT2D eigenvalue weighted by Crippen LogP contribution is 2.29. The van der Waals surface area contributed by atoms with E-state index >= 15 is 0 Å². The van der Waals surface area contributed by atoms with Crippen molar-refractivity contribution in [2.75, 3.05) is 0 Å². The Morgan fingerprint density at radius 2 is 2.14 bits per heavy atom. The van der Waals surface area contributed by atoms with Crippen LogP contribution in [0.3, 0.4) is 0 Å². The Labute approximate surface area is 88.3 Å². The van der Waals surface area contributed by atoms with Crippen LogP contribution in [0, 0.1) is 6.92 Å². The van der Waals surface area contributed by atoms with Gasteiger partial charge in [-0.25, -0.2) is 0 Å². The highest BCUT2D eigenvalue weighted by molar-refractivity contribution is 6.35. The van der Waals surface area contributed by atoms with Crippen molar-refractivity contribution < 1.29 is 0 Å². The third kappa shape index (κ3) is 1.15. The molecule has 1 heterocycles. The summed E-state index contributed by atoms with van der Waals surface area (Å²) < 4.78 is 2.08. The molecule has 2 nitrogen and oxygen atoms in total. The summed E-state index contributed by atoms with van der Waals surface area (Å²) in [4.78, 5) is 0. The molecule has 0 bridgehead atoms. The molecule has 0 spiro atoms. The molecular weight excluding hydrogens is 196 g/mol. The van der Waals surface area contributed by atoms with E-state index in [1.54, 1.807) is 0 Å². The summed E-state index contributed by atoms with van der Waals surface area (Å²) in [6, 6.07) is 5.96. The predicted octanol–water partition coefficient (Wildman–Crippen LogP) is 2.60. The Morgan fingerprint density at radius 3 is 2.71 bits per heavy atom. The van der Waals surface area contributed by atoms with Crippen molar-refractivity contribution in [2.24, 2.45) is 12.8 Å². The molecule has 3 heteroatoms. The Bertz CT molecular complexity index is 485. The van der Waals surface area contributed by atoms with Crippen molar-refractivity contribution in [1.29, 1.82) is 0 Å². The molecule has 74 valence electrons. The SMILES string of the molecule is Cc1c(CN)n(C)c2c(Cl)cccc12.